The first-order chi connectivity index (χ1) is 13.9. The molecule has 1 unspecified atom stereocenters. The van der Waals surface area contributed by atoms with Crippen LogP contribution in [-0.2, 0) is 4.79 Å². The second kappa shape index (κ2) is 9.09. The van der Waals surface area contributed by atoms with Gasteiger partial charge in [-0.3, -0.25) is 4.79 Å². The number of nitrogens with zero attached hydrogens (tertiary/aromatic N) is 2. The molecule has 0 fully saturated rings. The minimum absolute atomic E-state index is 0.118. The van der Waals surface area contributed by atoms with E-state index in [0.29, 0.717) is 25.1 Å². The lowest BCUT2D eigenvalue weighted by Gasteiger charge is -2.38. The summed E-state index contributed by atoms with van der Waals surface area (Å²) in [6.07, 6.45) is 1.25. The number of carbonyl (C=O) groups excluding carboxylic acids is 1. The van der Waals surface area contributed by atoms with E-state index in [-0.39, 0.29) is 21.6 Å². The first kappa shape index (κ1) is 21.5. The summed E-state index contributed by atoms with van der Waals surface area (Å²) in [5.74, 6) is -0.957. The number of nitrogens with two attached hydrogens (primary N) is 1. The molecule has 2 atom stereocenters. The Morgan fingerprint density at radius 1 is 1.21 bits per heavy atom. The zero-order valence-corrected chi connectivity index (χ0v) is 17.5. The average Bonchev–Trinajstić information content (AvgIpc) is 3.12. The number of rotatable bonds is 7. The molecule has 0 aliphatic carbocycles. The highest BCUT2D eigenvalue weighted by Gasteiger charge is 2.50. The lowest BCUT2D eigenvalue weighted by atomic mass is 10.1. The summed E-state index contributed by atoms with van der Waals surface area (Å²) in [6.45, 7) is 4.63. The minimum Gasteiger partial charge on any atom is -0.383 e. The van der Waals surface area contributed by atoms with Crippen LogP contribution in [-0.4, -0.2) is 35.2 Å². The Morgan fingerprint density at radius 3 is 2.55 bits per heavy atom. The van der Waals surface area contributed by atoms with Crippen LogP contribution in [0.25, 0.3) is 4.91 Å². The van der Waals surface area contributed by atoms with Crippen LogP contribution >= 0.6 is 11.9 Å². The quantitative estimate of drug-likeness (QED) is 0.531. The minimum atomic E-state index is -1.14. The third-order valence-electron chi connectivity index (χ3n) is 4.88. The van der Waals surface area contributed by atoms with Gasteiger partial charge in [0.05, 0.1) is 11.1 Å². The third-order valence-corrected chi connectivity index (χ3v) is 6.29. The molecular formula is C22H27FN3O2S+. The molecule has 0 saturated carbocycles. The van der Waals surface area contributed by atoms with Crippen molar-refractivity contribution >= 4 is 28.4 Å². The van der Waals surface area contributed by atoms with Gasteiger partial charge in [-0.1, -0.05) is 44.2 Å². The number of carbonyl (C=O) groups is 1. The Labute approximate surface area is 175 Å². The van der Waals surface area contributed by atoms with Crippen LogP contribution in [0.1, 0.15) is 25.8 Å². The highest BCUT2D eigenvalue weighted by Crippen LogP contribution is 2.49. The van der Waals surface area contributed by atoms with E-state index in [1.807, 2.05) is 36.4 Å². The second-order valence-electron chi connectivity index (χ2n) is 7.37. The Balaban J connectivity index is 2.12. The standard InChI is InChI=1S/C22H27FN3O2S/c1-16(2)21(27)22(28)25-15-20(17-8-6-9-18(23)14-17)29-26(25,13-7-12-24)19-10-4-3-5-11-19/h3-6,8-11,14-16,21,27H,7,12-13,24H2,1-2H3/q+1/t21-,26?/m0/s1. The molecule has 7 heteroatoms. The van der Waals surface area contributed by atoms with Crippen molar-refractivity contribution in [1.82, 2.24) is 9.01 Å². The molecule has 0 radical (unpaired) electrons. The summed E-state index contributed by atoms with van der Waals surface area (Å²) in [6, 6.07) is 16.0. The van der Waals surface area contributed by atoms with Gasteiger partial charge in [0.2, 0.25) is 0 Å². The summed E-state index contributed by atoms with van der Waals surface area (Å²) in [5.41, 5.74) is 7.38. The highest BCUT2D eigenvalue weighted by molar-refractivity contribution is 8.08. The summed E-state index contributed by atoms with van der Waals surface area (Å²) in [4.78, 5) is 14.0. The van der Waals surface area contributed by atoms with Crippen LogP contribution in [0.15, 0.2) is 60.8 Å². The van der Waals surface area contributed by atoms with E-state index in [1.165, 1.54) is 24.1 Å². The van der Waals surface area contributed by atoms with Gasteiger partial charge >= 0.3 is 5.91 Å². The van der Waals surface area contributed by atoms with Crippen molar-refractivity contribution in [2.75, 3.05) is 13.1 Å². The average molecular weight is 417 g/mol. The van der Waals surface area contributed by atoms with E-state index in [2.05, 4.69) is 0 Å². The Hall–Kier alpha value is -2.19. The number of hydrogen-bond donors (Lipinski definition) is 2. The van der Waals surface area contributed by atoms with Crippen molar-refractivity contribution < 1.29 is 14.3 Å². The second-order valence-corrected chi connectivity index (χ2v) is 8.60. The molecule has 5 nitrogen and oxygen atoms in total. The van der Waals surface area contributed by atoms with Crippen molar-refractivity contribution in [3.8, 4) is 0 Å². The van der Waals surface area contributed by atoms with Gasteiger partial charge in [0, 0.05) is 18.6 Å². The van der Waals surface area contributed by atoms with E-state index in [1.54, 1.807) is 31.1 Å². The first-order valence-electron chi connectivity index (χ1n) is 9.72. The van der Waals surface area contributed by atoms with Crippen LogP contribution in [0, 0.1) is 11.7 Å². The number of aliphatic hydroxyl groups is 1. The van der Waals surface area contributed by atoms with Crippen LogP contribution in [0.4, 0.5) is 10.1 Å². The highest BCUT2D eigenvalue weighted by atomic mass is 32.2. The number of quaternary nitrogens is 1. The molecule has 1 heterocycles. The molecule has 0 saturated heterocycles. The molecule has 3 N–H and O–H groups in total. The third kappa shape index (κ3) is 4.38. The van der Waals surface area contributed by atoms with Gasteiger partial charge < -0.3 is 10.8 Å². The molecule has 1 amide bonds. The lowest BCUT2D eigenvalue weighted by Crippen LogP contribution is -2.58. The predicted molar refractivity (Wildman–Crippen MR) is 116 cm³/mol. The molecule has 2 aromatic carbocycles. The number of benzene rings is 2. The zero-order valence-electron chi connectivity index (χ0n) is 16.7. The van der Waals surface area contributed by atoms with Crippen LogP contribution < -0.4 is 9.73 Å². The molecule has 1 aliphatic heterocycles. The van der Waals surface area contributed by atoms with Crippen molar-refractivity contribution in [2.45, 2.75) is 26.4 Å². The molecular weight excluding hydrogens is 389 g/mol. The topological polar surface area (TPSA) is 66.6 Å². The Bertz CT molecular complexity index is 891. The van der Waals surface area contributed by atoms with E-state index < -0.39 is 6.10 Å². The monoisotopic (exact) mass is 416 g/mol. The van der Waals surface area contributed by atoms with Crippen molar-refractivity contribution in [2.24, 2.45) is 11.7 Å². The van der Waals surface area contributed by atoms with Crippen molar-refractivity contribution in [3.05, 3.63) is 72.2 Å². The molecule has 0 aromatic heterocycles. The normalized spacial score (nSPS) is 20.1. The molecule has 0 bridgehead atoms. The fourth-order valence-corrected chi connectivity index (χ4v) is 4.64. The number of hydrogen-bond acceptors (Lipinski definition) is 4. The van der Waals surface area contributed by atoms with E-state index >= 15 is 0 Å². The number of amides is 1. The van der Waals surface area contributed by atoms with E-state index in [9.17, 15) is 14.3 Å². The summed E-state index contributed by atoms with van der Waals surface area (Å²) in [7, 11) is 0. The molecule has 0 spiro atoms. The van der Waals surface area contributed by atoms with Crippen molar-refractivity contribution in [3.63, 3.8) is 0 Å². The van der Waals surface area contributed by atoms with Crippen molar-refractivity contribution in [1.29, 1.82) is 0 Å². The number of halogens is 1. The van der Waals surface area contributed by atoms with Gasteiger partial charge in [0.25, 0.3) is 0 Å². The molecule has 3 rings (SSSR count). The maximum Gasteiger partial charge on any atom is 0.302 e. The Morgan fingerprint density at radius 2 is 1.93 bits per heavy atom. The largest absolute Gasteiger partial charge is 0.383 e. The maximum atomic E-state index is 13.8. The predicted octanol–water partition coefficient (Wildman–Crippen LogP) is 3.90. The fraction of sp³-hybridized carbons (Fsp3) is 0.318. The molecule has 1 aliphatic rings. The first-order valence-corrected chi connectivity index (χ1v) is 10.5. The van der Waals surface area contributed by atoms with Gasteiger partial charge in [0.1, 0.15) is 30.4 Å². The zero-order chi connectivity index (χ0) is 21.0. The fourth-order valence-electron chi connectivity index (χ4n) is 3.27. The number of para-hydroxylation sites is 1. The smallest absolute Gasteiger partial charge is 0.302 e. The summed E-state index contributed by atoms with van der Waals surface area (Å²) < 4.78 is 14.0. The van der Waals surface area contributed by atoms with Gasteiger partial charge in [-0.15, -0.1) is 9.01 Å². The van der Waals surface area contributed by atoms with Gasteiger partial charge in [-0.2, -0.15) is 0 Å². The molecule has 29 heavy (non-hydrogen) atoms. The van der Waals surface area contributed by atoms with Crippen LogP contribution in [0.2, 0.25) is 0 Å². The lowest BCUT2D eigenvalue weighted by molar-refractivity contribution is -0.146. The Kier molecular flexibility index (Phi) is 6.74. The summed E-state index contributed by atoms with van der Waals surface area (Å²) >= 11 is 1.45. The van der Waals surface area contributed by atoms with Gasteiger partial charge in [-0.05, 0) is 30.2 Å². The van der Waals surface area contributed by atoms with Crippen LogP contribution in [0.3, 0.4) is 0 Å². The van der Waals surface area contributed by atoms with Crippen LogP contribution in [0.5, 0.6) is 0 Å². The summed E-state index contributed by atoms with van der Waals surface area (Å²) in [5, 5.41) is 12.1. The van der Waals surface area contributed by atoms with Gasteiger partial charge in [0.15, 0.2) is 5.69 Å². The molecule has 154 valence electrons. The molecule has 2 aromatic rings. The van der Waals surface area contributed by atoms with E-state index in [4.69, 9.17) is 5.73 Å². The SMILES string of the molecule is CC(C)[C@H](O)C(=O)N1C=C(c2cccc(F)c2)S[N+]1(CCCN)c1ccccc1. The maximum absolute atomic E-state index is 13.8. The van der Waals surface area contributed by atoms with E-state index in [0.717, 1.165) is 10.6 Å². The van der Waals surface area contributed by atoms with Gasteiger partial charge in [-0.25, -0.2) is 4.39 Å². The number of aliphatic hydroxyl groups excluding tert-OH is 1.